The molecule has 0 atom stereocenters. The van der Waals surface area contributed by atoms with Crippen molar-refractivity contribution in [2.24, 2.45) is 0 Å². The van der Waals surface area contributed by atoms with E-state index < -0.39 is 11.7 Å². The molecule has 0 saturated carbocycles. The van der Waals surface area contributed by atoms with E-state index in [0.717, 1.165) is 12.3 Å². The highest BCUT2D eigenvalue weighted by Crippen LogP contribution is 2.30. The number of alkyl halides is 4. The van der Waals surface area contributed by atoms with Crippen LogP contribution in [-0.4, -0.2) is 4.98 Å². The number of hydrogen-bond donors (Lipinski definition) is 1. The minimum atomic E-state index is -4.38. The van der Waals surface area contributed by atoms with Crippen LogP contribution < -0.4 is 5.73 Å². The molecule has 0 fully saturated rings. The van der Waals surface area contributed by atoms with Crippen LogP contribution in [0.4, 0.5) is 18.9 Å². The number of rotatable bonds is 1. The second-order valence-corrected chi connectivity index (χ2v) is 2.95. The summed E-state index contributed by atoms with van der Waals surface area (Å²) in [6.45, 7) is 0. The number of nitrogens with zero attached hydrogens (tertiary/aromatic N) is 1. The van der Waals surface area contributed by atoms with E-state index in [1.54, 1.807) is 0 Å². The van der Waals surface area contributed by atoms with Gasteiger partial charge in [-0.1, -0.05) is 15.9 Å². The molecule has 0 spiro atoms. The molecule has 0 saturated heterocycles. The molecule has 0 aliphatic rings. The van der Waals surface area contributed by atoms with Crippen molar-refractivity contribution in [3.05, 3.63) is 23.5 Å². The van der Waals surface area contributed by atoms with Crippen molar-refractivity contribution in [3.8, 4) is 0 Å². The van der Waals surface area contributed by atoms with Crippen LogP contribution in [0.15, 0.2) is 12.3 Å². The summed E-state index contributed by atoms with van der Waals surface area (Å²) in [6, 6.07) is 0.879. The van der Waals surface area contributed by atoms with Gasteiger partial charge in [-0.25, -0.2) is 0 Å². The molecule has 1 aromatic heterocycles. The van der Waals surface area contributed by atoms with E-state index in [4.69, 9.17) is 5.73 Å². The number of nitrogens with two attached hydrogens (primary N) is 1. The van der Waals surface area contributed by atoms with Crippen LogP contribution in [0.3, 0.4) is 0 Å². The summed E-state index contributed by atoms with van der Waals surface area (Å²) >= 11 is 3.06. The summed E-state index contributed by atoms with van der Waals surface area (Å²) in [7, 11) is 0. The van der Waals surface area contributed by atoms with E-state index in [1.807, 2.05) is 0 Å². The van der Waals surface area contributed by atoms with E-state index in [0.29, 0.717) is 11.0 Å². The summed E-state index contributed by atoms with van der Waals surface area (Å²) in [5, 5.41) is 0.344. The van der Waals surface area contributed by atoms with Gasteiger partial charge in [0.15, 0.2) is 0 Å². The lowest BCUT2D eigenvalue weighted by Gasteiger charge is -2.08. The van der Waals surface area contributed by atoms with Crippen molar-refractivity contribution in [3.63, 3.8) is 0 Å². The average molecular weight is 255 g/mol. The van der Waals surface area contributed by atoms with Gasteiger partial charge in [0.2, 0.25) is 0 Å². The minimum absolute atomic E-state index is 0.0479. The Morgan fingerprint density at radius 3 is 2.46 bits per heavy atom. The summed E-state index contributed by atoms with van der Waals surface area (Å²) in [5.41, 5.74) is 4.97. The standard InChI is InChI=1S/C7H6BrF3N2/c8-2-6-5(12)1-4(3-13-6)7(9,10)11/h1,3H,2,12H2. The van der Waals surface area contributed by atoms with Gasteiger partial charge < -0.3 is 5.73 Å². The Balaban J connectivity index is 3.10. The fourth-order valence-electron chi connectivity index (χ4n) is 0.777. The first kappa shape index (κ1) is 10.3. The molecular formula is C7H6BrF3N2. The Labute approximate surface area is 81.1 Å². The number of pyridine rings is 1. The molecule has 0 amide bonds. The molecule has 6 heteroatoms. The Morgan fingerprint density at radius 2 is 2.08 bits per heavy atom. The van der Waals surface area contributed by atoms with Crippen molar-refractivity contribution in [2.45, 2.75) is 11.5 Å². The molecular weight excluding hydrogens is 249 g/mol. The van der Waals surface area contributed by atoms with Gasteiger partial charge in [-0.2, -0.15) is 13.2 Å². The van der Waals surface area contributed by atoms with Crippen molar-refractivity contribution in [1.82, 2.24) is 4.98 Å². The van der Waals surface area contributed by atoms with Crippen LogP contribution in [-0.2, 0) is 11.5 Å². The lowest BCUT2D eigenvalue weighted by molar-refractivity contribution is -0.137. The third kappa shape index (κ3) is 2.33. The first-order chi connectivity index (χ1) is 5.95. The molecule has 1 aromatic rings. The van der Waals surface area contributed by atoms with Crippen molar-refractivity contribution >= 4 is 21.6 Å². The molecule has 2 nitrogen and oxygen atoms in total. The minimum Gasteiger partial charge on any atom is -0.397 e. The van der Waals surface area contributed by atoms with Crippen LogP contribution >= 0.6 is 15.9 Å². The highest BCUT2D eigenvalue weighted by molar-refractivity contribution is 9.08. The maximum Gasteiger partial charge on any atom is 0.417 e. The largest absolute Gasteiger partial charge is 0.417 e. The zero-order valence-electron chi connectivity index (χ0n) is 6.40. The normalized spacial score (nSPS) is 11.7. The Hall–Kier alpha value is -0.780. The third-order valence-corrected chi connectivity index (χ3v) is 1.99. The SMILES string of the molecule is Nc1cc(C(F)(F)F)cnc1CBr. The summed E-state index contributed by atoms with van der Waals surface area (Å²) in [4.78, 5) is 3.57. The molecule has 1 heterocycles. The third-order valence-electron chi connectivity index (χ3n) is 1.46. The number of aromatic nitrogens is 1. The van der Waals surface area contributed by atoms with E-state index in [-0.39, 0.29) is 5.69 Å². The predicted molar refractivity (Wildman–Crippen MR) is 46.3 cm³/mol. The van der Waals surface area contributed by atoms with Gasteiger partial charge in [-0.15, -0.1) is 0 Å². The fourth-order valence-corrected chi connectivity index (χ4v) is 1.25. The molecule has 1 rings (SSSR count). The van der Waals surface area contributed by atoms with Crippen molar-refractivity contribution < 1.29 is 13.2 Å². The van der Waals surface area contributed by atoms with E-state index in [9.17, 15) is 13.2 Å². The Kier molecular flexibility index (Phi) is 2.80. The van der Waals surface area contributed by atoms with Crippen molar-refractivity contribution in [2.75, 3.05) is 5.73 Å². The van der Waals surface area contributed by atoms with Gasteiger partial charge >= 0.3 is 6.18 Å². The smallest absolute Gasteiger partial charge is 0.397 e. The average Bonchev–Trinajstić information content (AvgIpc) is 2.02. The second-order valence-electron chi connectivity index (χ2n) is 2.39. The molecule has 0 radical (unpaired) electrons. The number of anilines is 1. The summed E-state index contributed by atoms with van der Waals surface area (Å²) in [6.07, 6.45) is -3.61. The monoisotopic (exact) mass is 254 g/mol. The molecule has 2 N–H and O–H groups in total. The molecule has 13 heavy (non-hydrogen) atoms. The lowest BCUT2D eigenvalue weighted by Crippen LogP contribution is -2.07. The van der Waals surface area contributed by atoms with E-state index >= 15 is 0 Å². The number of hydrogen-bond acceptors (Lipinski definition) is 2. The number of nitrogen functional groups attached to an aromatic ring is 1. The number of halogens is 4. The fraction of sp³-hybridized carbons (Fsp3) is 0.286. The van der Waals surface area contributed by atoms with Gasteiger partial charge in [-0.3, -0.25) is 4.98 Å². The first-order valence-electron chi connectivity index (χ1n) is 3.32. The Bertz CT molecular complexity index is 311. The van der Waals surface area contributed by atoms with Gasteiger partial charge in [0.05, 0.1) is 16.9 Å². The quantitative estimate of drug-likeness (QED) is 0.783. The van der Waals surface area contributed by atoms with Gasteiger partial charge in [0.1, 0.15) is 0 Å². The highest BCUT2D eigenvalue weighted by atomic mass is 79.9. The first-order valence-corrected chi connectivity index (χ1v) is 4.45. The lowest BCUT2D eigenvalue weighted by atomic mass is 10.2. The maximum absolute atomic E-state index is 12.1. The summed E-state index contributed by atoms with van der Waals surface area (Å²) < 4.78 is 36.3. The predicted octanol–water partition coefficient (Wildman–Crippen LogP) is 2.58. The van der Waals surface area contributed by atoms with Gasteiger partial charge in [-0.05, 0) is 6.07 Å². The molecule has 0 aliphatic carbocycles. The van der Waals surface area contributed by atoms with E-state index in [1.165, 1.54) is 0 Å². The van der Waals surface area contributed by atoms with Crippen LogP contribution in [0.5, 0.6) is 0 Å². The van der Waals surface area contributed by atoms with Crippen LogP contribution in [0.25, 0.3) is 0 Å². The van der Waals surface area contributed by atoms with Crippen molar-refractivity contribution in [1.29, 1.82) is 0 Å². The molecule has 0 unspecified atom stereocenters. The van der Waals surface area contributed by atoms with Crippen LogP contribution in [0.2, 0.25) is 0 Å². The second kappa shape index (κ2) is 3.53. The molecule has 0 bridgehead atoms. The zero-order chi connectivity index (χ0) is 10.1. The molecule has 0 aliphatic heterocycles. The Morgan fingerprint density at radius 1 is 1.46 bits per heavy atom. The highest BCUT2D eigenvalue weighted by Gasteiger charge is 2.31. The van der Waals surface area contributed by atoms with E-state index in [2.05, 4.69) is 20.9 Å². The molecule has 0 aromatic carbocycles. The maximum atomic E-state index is 12.1. The van der Waals surface area contributed by atoms with Crippen LogP contribution in [0, 0.1) is 0 Å². The zero-order valence-corrected chi connectivity index (χ0v) is 7.98. The van der Waals surface area contributed by atoms with Gasteiger partial charge in [0.25, 0.3) is 0 Å². The molecule has 72 valence electrons. The van der Waals surface area contributed by atoms with Crippen LogP contribution in [0.1, 0.15) is 11.3 Å². The summed E-state index contributed by atoms with van der Waals surface area (Å²) in [5.74, 6) is 0. The van der Waals surface area contributed by atoms with Gasteiger partial charge in [0, 0.05) is 11.5 Å². The topological polar surface area (TPSA) is 38.9 Å².